The summed E-state index contributed by atoms with van der Waals surface area (Å²) in [6.07, 6.45) is 1.21. The first-order valence-corrected chi connectivity index (χ1v) is 5.45. The molecule has 10 heteroatoms. The minimum atomic E-state index is -3.92. The summed E-state index contributed by atoms with van der Waals surface area (Å²) in [6.45, 7) is 0. The molecular formula is C2H10O8S2-2. The van der Waals surface area contributed by atoms with Gasteiger partial charge >= 0.3 is 0 Å². The third-order valence-corrected chi connectivity index (χ3v) is 0. The molecule has 0 saturated heterocycles. The quantitative estimate of drug-likeness (QED) is 0.389. The van der Waals surface area contributed by atoms with Crippen molar-refractivity contribution >= 4 is 20.2 Å². The molecule has 0 aromatic rings. The standard InChI is InChI=1S/2CH4O3S.2H2O/c2*1-5(2,3)4;;/h2*1H3,(H,2,3,4);2*1H2/p-2. The van der Waals surface area contributed by atoms with Gasteiger partial charge in [0.2, 0.25) is 0 Å². The van der Waals surface area contributed by atoms with Gasteiger partial charge in [-0.2, -0.15) is 0 Å². The molecule has 0 fully saturated rings. The van der Waals surface area contributed by atoms with Gasteiger partial charge in [0.1, 0.15) is 0 Å². The molecule has 0 heterocycles. The molecule has 0 amide bonds. The first-order chi connectivity index (χ1) is 4.00. The molecule has 0 radical (unpaired) electrons. The molecule has 0 spiro atoms. The molecular weight excluding hydrogens is 216 g/mol. The van der Waals surface area contributed by atoms with E-state index >= 15 is 0 Å². The van der Waals surface area contributed by atoms with Crippen molar-refractivity contribution in [2.75, 3.05) is 12.5 Å². The molecule has 0 aromatic heterocycles. The zero-order valence-electron chi connectivity index (χ0n) is 6.27. The lowest BCUT2D eigenvalue weighted by Crippen LogP contribution is -1.88. The highest BCUT2D eigenvalue weighted by atomic mass is 32.2. The number of rotatable bonds is 0. The van der Waals surface area contributed by atoms with E-state index in [4.69, 9.17) is 25.9 Å². The molecule has 0 saturated carbocycles. The van der Waals surface area contributed by atoms with E-state index in [-0.39, 0.29) is 11.0 Å². The predicted molar refractivity (Wildman–Crippen MR) is 38.5 cm³/mol. The van der Waals surface area contributed by atoms with E-state index < -0.39 is 20.2 Å². The van der Waals surface area contributed by atoms with E-state index in [1.165, 1.54) is 0 Å². The SMILES string of the molecule is CS(=O)(=O)[O-].CS(=O)(=O)[O-].O.O. The number of hydrogen-bond acceptors (Lipinski definition) is 6. The smallest absolute Gasteiger partial charge is 0.0916 e. The molecule has 0 aliphatic heterocycles. The summed E-state index contributed by atoms with van der Waals surface area (Å²) in [5.74, 6) is 0. The monoisotopic (exact) mass is 226 g/mol. The van der Waals surface area contributed by atoms with Crippen molar-refractivity contribution in [3.8, 4) is 0 Å². The van der Waals surface area contributed by atoms with Gasteiger partial charge in [0, 0.05) is 12.5 Å². The Labute approximate surface area is 70.3 Å². The highest BCUT2D eigenvalue weighted by Crippen LogP contribution is 1.60. The molecule has 12 heavy (non-hydrogen) atoms. The average Bonchev–Trinajstić information content (AvgIpc) is 1.12. The Morgan fingerprint density at radius 3 is 0.750 bits per heavy atom. The van der Waals surface area contributed by atoms with Gasteiger partial charge in [-0.1, -0.05) is 0 Å². The zero-order valence-corrected chi connectivity index (χ0v) is 7.90. The van der Waals surface area contributed by atoms with Crippen LogP contribution in [0.5, 0.6) is 0 Å². The van der Waals surface area contributed by atoms with E-state index in [0.717, 1.165) is 0 Å². The molecule has 80 valence electrons. The van der Waals surface area contributed by atoms with Crippen LogP contribution in [-0.2, 0) is 20.2 Å². The maximum absolute atomic E-state index is 9.08. The second-order valence-corrected chi connectivity index (χ2v) is 4.22. The second kappa shape index (κ2) is 7.39. The maximum Gasteiger partial charge on any atom is 0.0916 e. The van der Waals surface area contributed by atoms with Gasteiger partial charge in [-0.3, -0.25) is 0 Å². The molecule has 4 N–H and O–H groups in total. The molecule has 0 bridgehead atoms. The molecule has 0 aromatic carbocycles. The third kappa shape index (κ3) is 11000. The van der Waals surface area contributed by atoms with Crippen LogP contribution in [0.2, 0.25) is 0 Å². The van der Waals surface area contributed by atoms with Crippen LogP contribution < -0.4 is 0 Å². The van der Waals surface area contributed by atoms with Crippen molar-refractivity contribution in [2.24, 2.45) is 0 Å². The molecule has 0 aliphatic carbocycles. The maximum atomic E-state index is 9.08. The molecule has 8 nitrogen and oxygen atoms in total. The Kier molecular flexibility index (Phi) is 13.9. The van der Waals surface area contributed by atoms with Gasteiger partial charge in [0.25, 0.3) is 0 Å². The molecule has 0 unspecified atom stereocenters. The molecule has 0 rings (SSSR count). The fourth-order valence-electron chi connectivity index (χ4n) is 0. The Morgan fingerprint density at radius 1 is 0.750 bits per heavy atom. The Bertz CT molecular complexity index is 211. The lowest BCUT2D eigenvalue weighted by molar-refractivity contribution is 0.468. The van der Waals surface area contributed by atoms with Crippen LogP contribution in [0.15, 0.2) is 0 Å². The fourth-order valence-corrected chi connectivity index (χ4v) is 0. The van der Waals surface area contributed by atoms with Gasteiger partial charge in [-0.25, -0.2) is 16.8 Å². The summed E-state index contributed by atoms with van der Waals surface area (Å²) in [4.78, 5) is 0. The Hall–Kier alpha value is -0.260. The number of hydrogen-bond donors (Lipinski definition) is 0. The highest BCUT2D eigenvalue weighted by Gasteiger charge is 1.66. The van der Waals surface area contributed by atoms with Gasteiger partial charge in [0.15, 0.2) is 0 Å². The topological polar surface area (TPSA) is 177 Å². The summed E-state index contributed by atoms with van der Waals surface area (Å²) in [5.41, 5.74) is 0. The van der Waals surface area contributed by atoms with Gasteiger partial charge in [-0.15, -0.1) is 0 Å². The van der Waals surface area contributed by atoms with E-state index in [0.29, 0.717) is 12.5 Å². The van der Waals surface area contributed by atoms with Crippen molar-refractivity contribution in [3.63, 3.8) is 0 Å². The summed E-state index contributed by atoms with van der Waals surface area (Å²) >= 11 is 0. The normalized spacial score (nSPS) is 9.67. The minimum absolute atomic E-state index is 0. The Morgan fingerprint density at radius 2 is 0.750 bits per heavy atom. The van der Waals surface area contributed by atoms with Crippen molar-refractivity contribution in [2.45, 2.75) is 0 Å². The van der Waals surface area contributed by atoms with Crippen LogP contribution >= 0.6 is 0 Å². The van der Waals surface area contributed by atoms with E-state index in [1.807, 2.05) is 0 Å². The molecule has 0 aliphatic rings. The van der Waals surface area contributed by atoms with Crippen LogP contribution in [0.4, 0.5) is 0 Å². The lowest BCUT2D eigenvalue weighted by atomic mass is 12.0. The first kappa shape index (κ1) is 22.6. The van der Waals surface area contributed by atoms with E-state index in [9.17, 15) is 0 Å². The van der Waals surface area contributed by atoms with Crippen LogP contribution in [0.1, 0.15) is 0 Å². The average molecular weight is 226 g/mol. The van der Waals surface area contributed by atoms with E-state index in [2.05, 4.69) is 0 Å². The first-order valence-electron chi connectivity index (χ1n) is 1.82. The summed E-state index contributed by atoms with van der Waals surface area (Å²) < 4.78 is 54.5. The van der Waals surface area contributed by atoms with E-state index in [1.54, 1.807) is 0 Å². The second-order valence-electron chi connectivity index (χ2n) is 1.41. The Balaban J connectivity index is -0.0000000457. The minimum Gasteiger partial charge on any atom is -0.748 e. The largest absolute Gasteiger partial charge is 0.748 e. The van der Waals surface area contributed by atoms with Crippen LogP contribution in [-0.4, -0.2) is 49.4 Å². The van der Waals surface area contributed by atoms with Crippen LogP contribution in [0.3, 0.4) is 0 Å². The summed E-state index contributed by atoms with van der Waals surface area (Å²) in [6, 6.07) is 0. The van der Waals surface area contributed by atoms with Crippen molar-refractivity contribution < 1.29 is 36.9 Å². The van der Waals surface area contributed by atoms with Gasteiger partial charge in [0.05, 0.1) is 20.2 Å². The zero-order chi connectivity index (χ0) is 9.00. The van der Waals surface area contributed by atoms with Gasteiger partial charge in [-0.05, 0) is 0 Å². The lowest BCUT2D eigenvalue weighted by Gasteiger charge is -1.90. The third-order valence-electron chi connectivity index (χ3n) is 0. The fraction of sp³-hybridized carbons (Fsp3) is 1.00. The van der Waals surface area contributed by atoms with Crippen molar-refractivity contribution in [3.05, 3.63) is 0 Å². The summed E-state index contributed by atoms with van der Waals surface area (Å²) in [7, 11) is -7.83. The van der Waals surface area contributed by atoms with Crippen LogP contribution in [0.25, 0.3) is 0 Å². The van der Waals surface area contributed by atoms with Crippen molar-refractivity contribution in [1.82, 2.24) is 0 Å². The predicted octanol–water partition coefficient (Wildman–Crippen LogP) is -3.33. The molecule has 0 atom stereocenters. The van der Waals surface area contributed by atoms with Gasteiger partial charge < -0.3 is 20.1 Å². The highest BCUT2D eigenvalue weighted by molar-refractivity contribution is 7.85. The summed E-state index contributed by atoms with van der Waals surface area (Å²) in [5, 5.41) is 0. The van der Waals surface area contributed by atoms with Crippen molar-refractivity contribution in [1.29, 1.82) is 0 Å². The van der Waals surface area contributed by atoms with Crippen LogP contribution in [0, 0.1) is 0 Å².